The molecule has 0 radical (unpaired) electrons. The van der Waals surface area contributed by atoms with Gasteiger partial charge in [0.05, 0.1) is 32.5 Å². The SMILES string of the molecule is CC1[C@@H](OCc2ccccc2)[C@H](OCc2ccccc2)C(COCc2ccccc2)O[C@@H]1Cl. The summed E-state index contributed by atoms with van der Waals surface area (Å²) < 4.78 is 25.0. The van der Waals surface area contributed by atoms with Crippen molar-refractivity contribution in [3.05, 3.63) is 108 Å². The van der Waals surface area contributed by atoms with Crippen LogP contribution in [0, 0.1) is 5.92 Å². The van der Waals surface area contributed by atoms with E-state index in [1.54, 1.807) is 0 Å². The van der Waals surface area contributed by atoms with E-state index in [2.05, 4.69) is 24.3 Å². The highest BCUT2D eigenvalue weighted by Gasteiger charge is 2.44. The monoisotopic (exact) mass is 466 g/mol. The molecule has 3 aromatic rings. The first kappa shape index (κ1) is 23.9. The molecule has 4 rings (SSSR count). The fourth-order valence-electron chi connectivity index (χ4n) is 4.01. The highest BCUT2D eigenvalue weighted by Crippen LogP contribution is 2.33. The molecular weight excluding hydrogens is 436 g/mol. The molecule has 1 saturated heterocycles. The molecule has 33 heavy (non-hydrogen) atoms. The van der Waals surface area contributed by atoms with E-state index in [-0.39, 0.29) is 24.2 Å². The van der Waals surface area contributed by atoms with Gasteiger partial charge in [0.15, 0.2) is 0 Å². The lowest BCUT2D eigenvalue weighted by atomic mass is 9.93. The standard InChI is InChI=1S/C28H31ClO4/c1-21-26(31-18-23-13-7-3-8-14-23)27(32-19-24-15-9-4-10-16-24)25(33-28(21)29)20-30-17-22-11-5-2-6-12-22/h2-16,21,25-28H,17-20H2,1H3/t21?,25?,26-,27-,28+/m1/s1. The van der Waals surface area contributed by atoms with E-state index >= 15 is 0 Å². The predicted octanol–water partition coefficient (Wildman–Crippen LogP) is 5.97. The quantitative estimate of drug-likeness (QED) is 0.345. The van der Waals surface area contributed by atoms with Gasteiger partial charge in [0.25, 0.3) is 0 Å². The summed E-state index contributed by atoms with van der Waals surface area (Å²) in [5, 5.41) is 0. The molecule has 1 aliphatic rings. The normalized spacial score (nSPS) is 25.1. The number of benzene rings is 3. The Kier molecular flexibility index (Phi) is 8.93. The van der Waals surface area contributed by atoms with Crippen molar-refractivity contribution in [1.29, 1.82) is 0 Å². The molecule has 5 atom stereocenters. The highest BCUT2D eigenvalue weighted by atomic mass is 35.5. The first-order chi connectivity index (χ1) is 16.2. The van der Waals surface area contributed by atoms with Gasteiger partial charge >= 0.3 is 0 Å². The van der Waals surface area contributed by atoms with E-state index in [0.29, 0.717) is 26.4 Å². The third kappa shape index (κ3) is 6.89. The topological polar surface area (TPSA) is 36.9 Å². The molecule has 0 aliphatic carbocycles. The van der Waals surface area contributed by atoms with Crippen LogP contribution < -0.4 is 0 Å². The second kappa shape index (κ2) is 12.3. The van der Waals surface area contributed by atoms with E-state index in [0.717, 1.165) is 16.7 Å². The second-order valence-corrected chi connectivity index (χ2v) is 8.84. The number of halogens is 1. The van der Waals surface area contributed by atoms with Crippen molar-refractivity contribution in [3.8, 4) is 0 Å². The summed E-state index contributed by atoms with van der Waals surface area (Å²) in [6.45, 7) is 3.88. The van der Waals surface area contributed by atoms with E-state index in [4.69, 9.17) is 30.5 Å². The fraction of sp³-hybridized carbons (Fsp3) is 0.357. The molecule has 0 N–H and O–H groups in total. The van der Waals surface area contributed by atoms with E-state index in [1.807, 2.05) is 73.7 Å². The number of hydrogen-bond acceptors (Lipinski definition) is 4. The Balaban J connectivity index is 1.46. The lowest BCUT2D eigenvalue weighted by Gasteiger charge is -2.43. The van der Waals surface area contributed by atoms with Crippen molar-refractivity contribution in [2.24, 2.45) is 5.92 Å². The van der Waals surface area contributed by atoms with Crippen LogP contribution in [0.15, 0.2) is 91.0 Å². The average molecular weight is 467 g/mol. The summed E-state index contributed by atoms with van der Waals surface area (Å²) in [5.41, 5.74) is 2.85. The molecule has 1 fully saturated rings. The first-order valence-corrected chi connectivity index (χ1v) is 11.9. The Labute approximate surface area is 201 Å². The molecule has 0 amide bonds. The lowest BCUT2D eigenvalue weighted by molar-refractivity contribution is -0.226. The minimum absolute atomic E-state index is 0.0403. The maximum absolute atomic E-state index is 6.60. The van der Waals surface area contributed by atoms with E-state index in [1.165, 1.54) is 0 Å². The largest absolute Gasteiger partial charge is 0.374 e. The summed E-state index contributed by atoms with van der Waals surface area (Å²) in [7, 11) is 0. The van der Waals surface area contributed by atoms with Crippen molar-refractivity contribution in [2.75, 3.05) is 6.61 Å². The second-order valence-electron chi connectivity index (χ2n) is 8.41. The van der Waals surface area contributed by atoms with Crippen molar-refractivity contribution in [2.45, 2.75) is 50.6 Å². The molecule has 0 bridgehead atoms. The van der Waals surface area contributed by atoms with Gasteiger partial charge in [0.1, 0.15) is 17.8 Å². The molecule has 1 aliphatic heterocycles. The van der Waals surface area contributed by atoms with Crippen LogP contribution in [0.3, 0.4) is 0 Å². The van der Waals surface area contributed by atoms with Crippen LogP contribution >= 0.6 is 11.6 Å². The number of rotatable bonds is 10. The van der Waals surface area contributed by atoms with Crippen LogP contribution in [-0.2, 0) is 38.8 Å². The van der Waals surface area contributed by atoms with Gasteiger partial charge in [-0.3, -0.25) is 0 Å². The zero-order valence-electron chi connectivity index (χ0n) is 18.9. The van der Waals surface area contributed by atoms with Gasteiger partial charge in [0.2, 0.25) is 0 Å². The van der Waals surface area contributed by atoms with Crippen LogP contribution in [-0.4, -0.2) is 30.5 Å². The molecule has 2 unspecified atom stereocenters. The zero-order chi connectivity index (χ0) is 22.9. The van der Waals surface area contributed by atoms with Gasteiger partial charge in [-0.05, 0) is 16.7 Å². The van der Waals surface area contributed by atoms with Crippen molar-refractivity contribution >= 4 is 11.6 Å². The Hall–Kier alpha value is -2.21. The van der Waals surface area contributed by atoms with Crippen molar-refractivity contribution < 1.29 is 18.9 Å². The average Bonchev–Trinajstić information content (AvgIpc) is 2.86. The summed E-state index contributed by atoms with van der Waals surface area (Å²) in [5.74, 6) is -0.0403. The van der Waals surface area contributed by atoms with Crippen LogP contribution in [0.2, 0.25) is 0 Å². The maximum Gasteiger partial charge on any atom is 0.136 e. The predicted molar refractivity (Wildman–Crippen MR) is 130 cm³/mol. The van der Waals surface area contributed by atoms with Gasteiger partial charge in [-0.15, -0.1) is 0 Å². The smallest absolute Gasteiger partial charge is 0.136 e. The molecule has 5 heteroatoms. The fourth-order valence-corrected chi connectivity index (χ4v) is 4.29. The van der Waals surface area contributed by atoms with Gasteiger partial charge in [-0.25, -0.2) is 0 Å². The molecule has 0 spiro atoms. The summed E-state index contributed by atoms with van der Waals surface area (Å²) in [4.78, 5) is 0. The Bertz CT molecular complexity index is 938. The van der Waals surface area contributed by atoms with Crippen LogP contribution in [0.25, 0.3) is 0 Å². The van der Waals surface area contributed by atoms with Crippen LogP contribution in [0.4, 0.5) is 0 Å². The Morgan fingerprint density at radius 3 is 1.64 bits per heavy atom. The lowest BCUT2D eigenvalue weighted by Crippen LogP contribution is -2.55. The molecule has 174 valence electrons. The van der Waals surface area contributed by atoms with E-state index < -0.39 is 5.56 Å². The van der Waals surface area contributed by atoms with Crippen LogP contribution in [0.5, 0.6) is 0 Å². The molecule has 1 heterocycles. The minimum Gasteiger partial charge on any atom is -0.374 e. The Morgan fingerprint density at radius 1 is 0.667 bits per heavy atom. The number of hydrogen-bond donors (Lipinski definition) is 0. The summed E-state index contributed by atoms with van der Waals surface area (Å²) in [6, 6.07) is 30.4. The zero-order valence-corrected chi connectivity index (χ0v) is 19.6. The molecule has 3 aromatic carbocycles. The number of ether oxygens (including phenoxy) is 4. The van der Waals surface area contributed by atoms with Crippen molar-refractivity contribution in [3.63, 3.8) is 0 Å². The highest BCUT2D eigenvalue weighted by molar-refractivity contribution is 6.20. The number of alkyl halides is 1. The van der Waals surface area contributed by atoms with Crippen LogP contribution in [0.1, 0.15) is 23.6 Å². The van der Waals surface area contributed by atoms with E-state index in [9.17, 15) is 0 Å². The third-order valence-electron chi connectivity index (χ3n) is 5.89. The molecule has 0 aromatic heterocycles. The third-order valence-corrected chi connectivity index (χ3v) is 6.39. The Morgan fingerprint density at radius 2 is 1.12 bits per heavy atom. The van der Waals surface area contributed by atoms with Gasteiger partial charge in [-0.2, -0.15) is 0 Å². The van der Waals surface area contributed by atoms with Gasteiger partial charge in [-0.1, -0.05) is 110 Å². The first-order valence-electron chi connectivity index (χ1n) is 11.4. The molecule has 4 nitrogen and oxygen atoms in total. The van der Waals surface area contributed by atoms with Crippen molar-refractivity contribution in [1.82, 2.24) is 0 Å². The van der Waals surface area contributed by atoms with Gasteiger partial charge in [0, 0.05) is 5.92 Å². The molecule has 0 saturated carbocycles. The minimum atomic E-state index is -0.479. The summed E-state index contributed by atoms with van der Waals surface area (Å²) >= 11 is 6.60. The van der Waals surface area contributed by atoms with Gasteiger partial charge < -0.3 is 18.9 Å². The molecular formula is C28H31ClO4. The summed E-state index contributed by atoms with van der Waals surface area (Å²) in [6.07, 6.45) is -0.873. The maximum atomic E-state index is 6.60.